The fourth-order valence-electron chi connectivity index (χ4n) is 2.84. The van der Waals surface area contributed by atoms with Crippen molar-refractivity contribution in [1.29, 1.82) is 0 Å². The maximum absolute atomic E-state index is 13.1. The largest absolute Gasteiger partial charge is 0.345 e. The molecule has 0 saturated carbocycles. The molecule has 1 aromatic heterocycles. The lowest BCUT2D eigenvalue weighted by Crippen LogP contribution is -2.37. The molecule has 9 heteroatoms. The van der Waals surface area contributed by atoms with Crippen LogP contribution in [-0.2, 0) is 36.7 Å². The summed E-state index contributed by atoms with van der Waals surface area (Å²) in [5.41, 5.74) is 0.958. The summed E-state index contributed by atoms with van der Waals surface area (Å²) < 4.78 is 54.0. The van der Waals surface area contributed by atoms with E-state index in [2.05, 4.69) is 4.98 Å². The Kier molecular flexibility index (Phi) is 5.71. The van der Waals surface area contributed by atoms with Crippen LogP contribution in [0, 0.1) is 5.82 Å². The summed E-state index contributed by atoms with van der Waals surface area (Å²) in [7, 11) is -3.54. The molecule has 1 saturated heterocycles. The minimum Gasteiger partial charge on any atom is -0.345 e. The summed E-state index contributed by atoms with van der Waals surface area (Å²) in [6, 6.07) is 6.27. The molecule has 2 atom stereocenters. The summed E-state index contributed by atoms with van der Waals surface area (Å²) >= 11 is 0. The topological polar surface area (TPSA) is 79.7 Å². The molecule has 3 rings (SSSR count). The van der Waals surface area contributed by atoms with Crippen molar-refractivity contribution < 1.29 is 26.5 Å². The third-order valence-corrected chi connectivity index (χ3v) is 4.64. The minimum absolute atomic E-state index is 0.0962. The second-order valence-corrected chi connectivity index (χ2v) is 7.96. The van der Waals surface area contributed by atoms with Gasteiger partial charge in [0.2, 0.25) is 0 Å². The lowest BCUT2D eigenvalue weighted by atomic mass is 10.0. The first-order valence-corrected chi connectivity index (χ1v) is 10.0. The monoisotopic (exact) mass is 384 g/mol. The van der Waals surface area contributed by atoms with Gasteiger partial charge in [0.1, 0.15) is 11.9 Å². The van der Waals surface area contributed by atoms with Crippen molar-refractivity contribution in [3.8, 4) is 0 Å². The Morgan fingerprint density at radius 3 is 2.81 bits per heavy atom. The van der Waals surface area contributed by atoms with Gasteiger partial charge in [0, 0.05) is 18.8 Å². The van der Waals surface area contributed by atoms with E-state index in [9.17, 15) is 12.8 Å². The minimum atomic E-state index is -3.54. The van der Waals surface area contributed by atoms with E-state index in [1.807, 2.05) is 4.57 Å². The molecule has 0 aliphatic carbocycles. The summed E-state index contributed by atoms with van der Waals surface area (Å²) in [6.07, 6.45) is 6.77. The van der Waals surface area contributed by atoms with Gasteiger partial charge in [-0.2, -0.15) is 8.42 Å². The van der Waals surface area contributed by atoms with E-state index in [1.54, 1.807) is 30.9 Å². The molecule has 142 valence electrons. The Bertz CT molecular complexity index is 810. The van der Waals surface area contributed by atoms with Gasteiger partial charge >= 0.3 is 0 Å². The third-order valence-electron chi connectivity index (χ3n) is 4.07. The van der Waals surface area contributed by atoms with Crippen molar-refractivity contribution in [2.24, 2.45) is 0 Å². The van der Waals surface area contributed by atoms with Crippen molar-refractivity contribution in [1.82, 2.24) is 9.55 Å². The average Bonchev–Trinajstić information content (AvgIpc) is 3.23. The lowest BCUT2D eigenvalue weighted by Gasteiger charge is -2.28. The number of nitrogens with zero attached hydrogens (tertiary/aromatic N) is 2. The van der Waals surface area contributed by atoms with Gasteiger partial charge in [0.05, 0.1) is 32.3 Å². The van der Waals surface area contributed by atoms with Gasteiger partial charge in [-0.25, -0.2) is 9.37 Å². The van der Waals surface area contributed by atoms with Crippen LogP contribution in [0.3, 0.4) is 0 Å². The second kappa shape index (κ2) is 7.83. The molecule has 0 bridgehead atoms. The summed E-state index contributed by atoms with van der Waals surface area (Å²) in [5, 5.41) is 0. The van der Waals surface area contributed by atoms with E-state index in [-0.39, 0.29) is 19.0 Å². The summed E-state index contributed by atoms with van der Waals surface area (Å²) in [4.78, 5) is 4.02. The van der Waals surface area contributed by atoms with Gasteiger partial charge < -0.3 is 14.0 Å². The van der Waals surface area contributed by atoms with Gasteiger partial charge in [-0.3, -0.25) is 4.18 Å². The van der Waals surface area contributed by atoms with Crippen molar-refractivity contribution in [3.63, 3.8) is 0 Å². The first kappa shape index (κ1) is 19.0. The van der Waals surface area contributed by atoms with Crippen LogP contribution in [0.4, 0.5) is 4.39 Å². The zero-order valence-electron chi connectivity index (χ0n) is 14.4. The Labute approximate surface area is 151 Å². The molecule has 2 heterocycles. The first-order chi connectivity index (χ1) is 12.3. The zero-order chi connectivity index (χ0) is 18.6. The first-order valence-electron chi connectivity index (χ1n) is 8.20. The molecule has 0 amide bonds. The number of rotatable bonds is 8. The molecule has 2 aromatic rings. The number of hydrogen-bond acceptors (Lipinski definition) is 6. The molecular weight excluding hydrogens is 363 g/mol. The van der Waals surface area contributed by atoms with Crippen LogP contribution in [-0.4, -0.2) is 49.3 Å². The molecule has 0 unspecified atom stereocenters. The molecular formula is C17H21FN2O5S. The zero-order valence-corrected chi connectivity index (χ0v) is 15.2. The molecule has 1 aromatic carbocycles. The van der Waals surface area contributed by atoms with Crippen LogP contribution in [0.15, 0.2) is 43.0 Å². The van der Waals surface area contributed by atoms with E-state index in [0.29, 0.717) is 19.4 Å². The van der Waals surface area contributed by atoms with Crippen LogP contribution in [0.1, 0.15) is 12.0 Å². The Morgan fingerprint density at radius 1 is 1.38 bits per heavy atom. The van der Waals surface area contributed by atoms with E-state index in [1.165, 1.54) is 12.1 Å². The van der Waals surface area contributed by atoms with Crippen LogP contribution in [0.25, 0.3) is 0 Å². The van der Waals surface area contributed by atoms with Crippen LogP contribution in [0.5, 0.6) is 0 Å². The molecule has 0 N–H and O–H groups in total. The highest BCUT2D eigenvalue weighted by molar-refractivity contribution is 7.85. The van der Waals surface area contributed by atoms with Crippen molar-refractivity contribution in [3.05, 3.63) is 54.4 Å². The van der Waals surface area contributed by atoms with E-state index < -0.39 is 22.0 Å². The van der Waals surface area contributed by atoms with Crippen LogP contribution >= 0.6 is 0 Å². The number of hydrogen-bond donors (Lipinski definition) is 0. The summed E-state index contributed by atoms with van der Waals surface area (Å²) in [6.45, 7) is 0.540. The Morgan fingerprint density at radius 2 is 2.15 bits per heavy atom. The summed E-state index contributed by atoms with van der Waals surface area (Å²) in [5.74, 6) is -1.21. The number of imidazole rings is 1. The maximum atomic E-state index is 13.1. The van der Waals surface area contributed by atoms with Gasteiger partial charge in [-0.05, 0) is 24.1 Å². The number of ether oxygens (including phenoxy) is 2. The highest BCUT2D eigenvalue weighted by atomic mass is 32.2. The number of benzene rings is 1. The Hall–Kier alpha value is -1.81. The normalized spacial score (nSPS) is 23.4. The number of aromatic nitrogens is 2. The van der Waals surface area contributed by atoms with Crippen molar-refractivity contribution >= 4 is 10.1 Å². The third kappa shape index (κ3) is 5.34. The number of aryl methyl sites for hydroxylation is 1. The predicted molar refractivity (Wildman–Crippen MR) is 91.3 cm³/mol. The fourth-order valence-corrected chi connectivity index (χ4v) is 3.23. The van der Waals surface area contributed by atoms with E-state index in [4.69, 9.17) is 13.7 Å². The SMILES string of the molecule is CS(=O)(=O)OC[C@H]1CO[C@](CCc2ccc(F)cc2)(Cn2ccnc2)O1. The van der Waals surface area contributed by atoms with Crippen LogP contribution in [0.2, 0.25) is 0 Å². The molecule has 1 aliphatic rings. The van der Waals surface area contributed by atoms with Gasteiger partial charge in [0.15, 0.2) is 5.79 Å². The molecule has 1 fully saturated rings. The highest BCUT2D eigenvalue weighted by Crippen LogP contribution is 2.31. The molecule has 7 nitrogen and oxygen atoms in total. The molecule has 0 radical (unpaired) electrons. The lowest BCUT2D eigenvalue weighted by molar-refractivity contribution is -0.184. The smallest absolute Gasteiger partial charge is 0.264 e. The quantitative estimate of drug-likeness (QED) is 0.645. The van der Waals surface area contributed by atoms with Gasteiger partial charge in [0.25, 0.3) is 10.1 Å². The molecule has 0 spiro atoms. The predicted octanol–water partition coefficient (Wildman–Crippen LogP) is 1.74. The Balaban J connectivity index is 1.67. The van der Waals surface area contributed by atoms with E-state index in [0.717, 1.165) is 11.8 Å². The van der Waals surface area contributed by atoms with Crippen molar-refractivity contribution in [2.75, 3.05) is 19.5 Å². The van der Waals surface area contributed by atoms with Crippen LogP contribution < -0.4 is 0 Å². The van der Waals surface area contributed by atoms with E-state index >= 15 is 0 Å². The average molecular weight is 384 g/mol. The highest BCUT2D eigenvalue weighted by Gasteiger charge is 2.42. The standard InChI is InChI=1S/C17H21FN2O5S/c1-26(21,22)24-11-16-10-23-17(25-16,12-20-9-8-19-13-20)7-6-14-2-4-15(18)5-3-14/h2-5,8-9,13,16H,6-7,10-12H2,1H3/t16-,17+/m1/s1. The second-order valence-electron chi connectivity index (χ2n) is 6.31. The maximum Gasteiger partial charge on any atom is 0.264 e. The van der Waals surface area contributed by atoms with Crippen molar-refractivity contribution in [2.45, 2.75) is 31.3 Å². The molecule has 26 heavy (non-hydrogen) atoms. The van der Waals surface area contributed by atoms with Gasteiger partial charge in [-0.15, -0.1) is 0 Å². The van der Waals surface area contributed by atoms with Gasteiger partial charge in [-0.1, -0.05) is 12.1 Å². The molecule has 1 aliphatic heterocycles. The fraction of sp³-hybridized carbons (Fsp3) is 0.471. The number of halogens is 1.